The van der Waals surface area contributed by atoms with Gasteiger partial charge < -0.3 is 14.2 Å². The molecule has 2 aromatic heterocycles. The van der Waals surface area contributed by atoms with Gasteiger partial charge in [0.25, 0.3) is 5.19 Å². The van der Waals surface area contributed by atoms with Gasteiger partial charge in [0.05, 0.1) is 13.3 Å². The number of aromatic nitrogens is 2. The van der Waals surface area contributed by atoms with Gasteiger partial charge in [0.2, 0.25) is 0 Å². The molecule has 27 heavy (non-hydrogen) atoms. The van der Waals surface area contributed by atoms with Gasteiger partial charge in [0, 0.05) is 11.8 Å². The molecule has 138 valence electrons. The van der Waals surface area contributed by atoms with Crippen molar-refractivity contribution in [3.8, 4) is 16.7 Å². The molecule has 0 N–H and O–H groups in total. The van der Waals surface area contributed by atoms with E-state index in [1.54, 1.807) is 12.3 Å². The number of benzene rings is 1. The average Bonchev–Trinajstić information content (AvgIpc) is 3.16. The van der Waals surface area contributed by atoms with Crippen LogP contribution >= 0.6 is 22.9 Å². The second-order valence-corrected chi connectivity index (χ2v) is 7.29. The summed E-state index contributed by atoms with van der Waals surface area (Å²) in [5.41, 5.74) is 2.07. The molecular weight excluding hydrogens is 388 g/mol. The minimum absolute atomic E-state index is 0.0457. The van der Waals surface area contributed by atoms with E-state index in [-0.39, 0.29) is 6.10 Å². The number of hydrogen-bond donors (Lipinski definition) is 0. The van der Waals surface area contributed by atoms with E-state index in [0.717, 1.165) is 41.1 Å². The van der Waals surface area contributed by atoms with Gasteiger partial charge in [-0.25, -0.2) is 14.8 Å². The van der Waals surface area contributed by atoms with Gasteiger partial charge in [-0.3, -0.25) is 0 Å². The molecular formula is C19H15ClN2O4S. The minimum Gasteiger partial charge on any atom is -0.485 e. The van der Waals surface area contributed by atoms with Gasteiger partial charge in [-0.2, -0.15) is 0 Å². The Hall–Kier alpha value is -2.64. The fourth-order valence-corrected chi connectivity index (χ4v) is 3.66. The molecule has 0 spiro atoms. The van der Waals surface area contributed by atoms with Crippen LogP contribution in [0.4, 0.5) is 0 Å². The molecule has 0 bridgehead atoms. The highest BCUT2D eigenvalue weighted by Gasteiger charge is 2.22. The summed E-state index contributed by atoms with van der Waals surface area (Å²) in [4.78, 5) is 20.1. The standard InChI is InChI=1S/C19H15ClN2O4S/c1-24-18(23)16-10-22-19(27-16)25-13-4-6-14-11(8-13)2-5-15(26-14)12-3-7-17(20)21-9-12/h3-4,6-10,15H,2,5H2,1H3. The average molecular weight is 403 g/mol. The molecule has 0 saturated carbocycles. The highest BCUT2D eigenvalue weighted by molar-refractivity contribution is 7.15. The SMILES string of the molecule is COC(=O)c1cnc(Oc2ccc3c(c2)CCC(c2ccc(Cl)nc2)O3)s1. The lowest BCUT2D eigenvalue weighted by Crippen LogP contribution is -2.15. The first-order valence-electron chi connectivity index (χ1n) is 8.25. The van der Waals surface area contributed by atoms with E-state index in [4.69, 9.17) is 21.1 Å². The predicted molar refractivity (Wildman–Crippen MR) is 101 cm³/mol. The van der Waals surface area contributed by atoms with Crippen LogP contribution in [0.15, 0.2) is 42.7 Å². The molecule has 1 aliphatic heterocycles. The van der Waals surface area contributed by atoms with Crippen LogP contribution < -0.4 is 9.47 Å². The maximum absolute atomic E-state index is 11.5. The predicted octanol–water partition coefficient (Wildman–Crippen LogP) is 4.84. The smallest absolute Gasteiger partial charge is 0.349 e. The topological polar surface area (TPSA) is 70.5 Å². The second-order valence-electron chi connectivity index (χ2n) is 5.91. The summed E-state index contributed by atoms with van der Waals surface area (Å²) < 4.78 is 16.5. The normalized spacial score (nSPS) is 15.6. The summed E-state index contributed by atoms with van der Waals surface area (Å²) in [5.74, 6) is 1.04. The molecule has 3 aromatic rings. The Labute approximate surface area is 164 Å². The quantitative estimate of drug-likeness (QED) is 0.459. The molecule has 3 heterocycles. The third-order valence-corrected chi connectivity index (χ3v) is 5.25. The Kier molecular flexibility index (Phi) is 4.96. The number of pyridine rings is 1. The number of hydrogen-bond acceptors (Lipinski definition) is 7. The molecule has 0 radical (unpaired) electrons. The molecule has 1 atom stereocenters. The van der Waals surface area contributed by atoms with Gasteiger partial charge in [-0.1, -0.05) is 29.0 Å². The number of halogens is 1. The van der Waals surface area contributed by atoms with Crippen molar-refractivity contribution in [2.75, 3.05) is 7.11 Å². The first-order valence-corrected chi connectivity index (χ1v) is 9.45. The number of aryl methyl sites for hydroxylation is 1. The summed E-state index contributed by atoms with van der Waals surface area (Å²) >= 11 is 6.99. The highest BCUT2D eigenvalue weighted by atomic mass is 35.5. The van der Waals surface area contributed by atoms with E-state index in [2.05, 4.69) is 14.7 Å². The summed E-state index contributed by atoms with van der Waals surface area (Å²) in [6.45, 7) is 0. The monoisotopic (exact) mass is 402 g/mol. The molecule has 0 aliphatic carbocycles. The highest BCUT2D eigenvalue weighted by Crippen LogP contribution is 2.38. The minimum atomic E-state index is -0.427. The summed E-state index contributed by atoms with van der Waals surface area (Å²) in [6, 6.07) is 9.34. The van der Waals surface area contributed by atoms with Gasteiger partial charge in [0.1, 0.15) is 27.6 Å². The van der Waals surface area contributed by atoms with Crippen LogP contribution in [0.5, 0.6) is 16.7 Å². The fourth-order valence-electron chi connectivity index (χ4n) is 2.84. The Morgan fingerprint density at radius 1 is 1.26 bits per heavy atom. The zero-order valence-electron chi connectivity index (χ0n) is 14.3. The van der Waals surface area contributed by atoms with Crippen molar-refractivity contribution in [2.45, 2.75) is 18.9 Å². The van der Waals surface area contributed by atoms with Crippen LogP contribution in [0.2, 0.25) is 5.15 Å². The van der Waals surface area contributed by atoms with Crippen LogP contribution in [0.1, 0.15) is 33.3 Å². The Morgan fingerprint density at radius 2 is 2.15 bits per heavy atom. The van der Waals surface area contributed by atoms with Crippen molar-refractivity contribution < 1.29 is 19.0 Å². The number of methoxy groups -OCH3 is 1. The van der Waals surface area contributed by atoms with Crippen LogP contribution in [-0.4, -0.2) is 23.0 Å². The van der Waals surface area contributed by atoms with Crippen LogP contribution in [0.3, 0.4) is 0 Å². The van der Waals surface area contributed by atoms with Gasteiger partial charge >= 0.3 is 5.97 Å². The molecule has 0 fully saturated rings. The molecule has 1 aliphatic rings. The van der Waals surface area contributed by atoms with Crippen molar-refractivity contribution in [1.29, 1.82) is 0 Å². The molecule has 6 nitrogen and oxygen atoms in total. The van der Waals surface area contributed by atoms with Crippen molar-refractivity contribution in [3.63, 3.8) is 0 Å². The molecule has 4 rings (SSSR count). The molecule has 0 amide bonds. The first kappa shape index (κ1) is 17.8. The van der Waals surface area contributed by atoms with Gasteiger partial charge in [0.15, 0.2) is 0 Å². The number of rotatable bonds is 4. The zero-order chi connectivity index (χ0) is 18.8. The van der Waals surface area contributed by atoms with Crippen molar-refractivity contribution in [2.24, 2.45) is 0 Å². The van der Waals surface area contributed by atoms with Crippen molar-refractivity contribution >= 4 is 28.9 Å². The molecule has 8 heteroatoms. The zero-order valence-corrected chi connectivity index (χ0v) is 15.9. The number of carbonyl (C=O) groups excluding carboxylic acids is 1. The van der Waals surface area contributed by atoms with Crippen LogP contribution in [0, 0.1) is 0 Å². The molecule has 0 saturated heterocycles. The Bertz CT molecular complexity index is 974. The lowest BCUT2D eigenvalue weighted by atomic mass is 9.98. The number of fused-ring (bicyclic) bond motifs is 1. The van der Waals surface area contributed by atoms with Crippen molar-refractivity contribution in [1.82, 2.24) is 9.97 Å². The van der Waals surface area contributed by atoms with Gasteiger partial charge in [-0.05, 0) is 42.7 Å². The van der Waals surface area contributed by atoms with Crippen LogP contribution in [-0.2, 0) is 11.2 Å². The summed E-state index contributed by atoms with van der Waals surface area (Å²) in [5, 5.41) is 0.853. The lowest BCUT2D eigenvalue weighted by Gasteiger charge is -2.26. The maximum atomic E-state index is 11.5. The Morgan fingerprint density at radius 3 is 2.93 bits per heavy atom. The lowest BCUT2D eigenvalue weighted by molar-refractivity contribution is 0.0606. The van der Waals surface area contributed by atoms with E-state index in [1.807, 2.05) is 24.3 Å². The molecule has 1 aromatic carbocycles. The third-order valence-electron chi connectivity index (χ3n) is 4.18. The van der Waals surface area contributed by atoms with E-state index in [0.29, 0.717) is 21.0 Å². The number of thiazole rings is 1. The maximum Gasteiger partial charge on any atom is 0.349 e. The summed E-state index contributed by atoms with van der Waals surface area (Å²) in [6.07, 6.45) is 4.83. The van der Waals surface area contributed by atoms with E-state index >= 15 is 0 Å². The number of nitrogens with zero attached hydrogens (tertiary/aromatic N) is 2. The number of ether oxygens (including phenoxy) is 3. The van der Waals surface area contributed by atoms with Gasteiger partial charge in [-0.15, -0.1) is 0 Å². The molecule has 1 unspecified atom stereocenters. The number of esters is 1. The largest absolute Gasteiger partial charge is 0.485 e. The Balaban J connectivity index is 1.47. The summed E-state index contributed by atoms with van der Waals surface area (Å²) in [7, 11) is 1.33. The first-order chi connectivity index (χ1) is 13.1. The third kappa shape index (κ3) is 3.89. The van der Waals surface area contributed by atoms with E-state index < -0.39 is 5.97 Å². The van der Waals surface area contributed by atoms with Crippen LogP contribution in [0.25, 0.3) is 0 Å². The number of carbonyl (C=O) groups is 1. The van der Waals surface area contributed by atoms with E-state index in [9.17, 15) is 4.79 Å². The van der Waals surface area contributed by atoms with Crippen molar-refractivity contribution in [3.05, 3.63) is 63.9 Å². The van der Waals surface area contributed by atoms with E-state index in [1.165, 1.54) is 13.3 Å². The second kappa shape index (κ2) is 7.54. The fraction of sp³-hybridized carbons (Fsp3) is 0.211.